The third-order valence-corrected chi connectivity index (χ3v) is 3.74. The number of amides is 1. The van der Waals surface area contributed by atoms with Crippen LogP contribution in [0.3, 0.4) is 0 Å². The molecule has 0 N–H and O–H groups in total. The van der Waals surface area contributed by atoms with E-state index in [1.165, 1.54) is 12.1 Å². The molecule has 1 saturated heterocycles. The number of benzene rings is 1. The topological polar surface area (TPSA) is 20.3 Å². The fourth-order valence-corrected chi connectivity index (χ4v) is 2.37. The third-order valence-electron chi connectivity index (χ3n) is 2.89. The van der Waals surface area contributed by atoms with Crippen LogP contribution in [0.2, 0.25) is 0 Å². The fourth-order valence-electron chi connectivity index (χ4n) is 1.88. The molecule has 0 aliphatic carbocycles. The van der Waals surface area contributed by atoms with Gasteiger partial charge in [0, 0.05) is 13.1 Å². The van der Waals surface area contributed by atoms with Crippen LogP contribution in [0.5, 0.6) is 0 Å². The van der Waals surface area contributed by atoms with E-state index >= 15 is 0 Å². The van der Waals surface area contributed by atoms with E-state index in [-0.39, 0.29) is 10.7 Å². The van der Waals surface area contributed by atoms with Crippen LogP contribution in [0, 0.1) is 0 Å². The first-order valence-corrected chi connectivity index (χ1v) is 6.38. The first kappa shape index (κ1) is 13.4. The van der Waals surface area contributed by atoms with Crippen molar-refractivity contribution >= 4 is 21.8 Å². The largest absolute Gasteiger partial charge is 0.416 e. The molecule has 1 aliphatic rings. The Kier molecular flexibility index (Phi) is 3.66. The average molecular weight is 322 g/mol. The minimum Gasteiger partial charge on any atom is -0.337 e. The minimum absolute atomic E-state index is 0.00472. The highest BCUT2D eigenvalue weighted by Crippen LogP contribution is 2.29. The molecule has 1 unspecified atom stereocenters. The van der Waals surface area contributed by atoms with Crippen LogP contribution >= 0.6 is 15.9 Å². The number of alkyl halides is 4. The Labute approximate surface area is 111 Å². The lowest BCUT2D eigenvalue weighted by atomic mass is 10.1. The zero-order chi connectivity index (χ0) is 13.3. The van der Waals surface area contributed by atoms with Crippen molar-refractivity contribution in [3.8, 4) is 0 Å². The van der Waals surface area contributed by atoms with Gasteiger partial charge in [-0.2, -0.15) is 13.2 Å². The van der Waals surface area contributed by atoms with Crippen LogP contribution in [0.1, 0.15) is 17.5 Å². The first-order valence-electron chi connectivity index (χ1n) is 5.47. The van der Waals surface area contributed by atoms with Gasteiger partial charge in [0.25, 0.3) is 0 Å². The number of carbonyl (C=O) groups is 1. The average Bonchev–Trinajstić information content (AvgIpc) is 2.61. The van der Waals surface area contributed by atoms with Gasteiger partial charge >= 0.3 is 6.18 Å². The molecule has 0 saturated carbocycles. The second-order valence-corrected chi connectivity index (χ2v) is 5.32. The van der Waals surface area contributed by atoms with Crippen LogP contribution < -0.4 is 0 Å². The zero-order valence-corrected chi connectivity index (χ0v) is 11.0. The molecule has 0 bridgehead atoms. The van der Waals surface area contributed by atoms with Crippen LogP contribution in [-0.2, 0) is 17.5 Å². The van der Waals surface area contributed by atoms with Gasteiger partial charge in [0.2, 0.25) is 5.91 Å². The summed E-state index contributed by atoms with van der Waals surface area (Å²) in [7, 11) is 0. The molecular formula is C12H11BrF3NO. The molecular weight excluding hydrogens is 311 g/mol. The molecule has 0 radical (unpaired) electrons. The third kappa shape index (κ3) is 2.85. The van der Waals surface area contributed by atoms with Crippen LogP contribution in [0.15, 0.2) is 24.3 Å². The lowest BCUT2D eigenvalue weighted by Gasteiger charge is -2.16. The van der Waals surface area contributed by atoms with Crippen molar-refractivity contribution in [2.75, 3.05) is 6.54 Å². The van der Waals surface area contributed by atoms with E-state index in [0.717, 1.165) is 18.6 Å². The summed E-state index contributed by atoms with van der Waals surface area (Å²) in [5.41, 5.74) is 0.0373. The molecule has 1 heterocycles. The predicted molar refractivity (Wildman–Crippen MR) is 64.2 cm³/mol. The van der Waals surface area contributed by atoms with Gasteiger partial charge < -0.3 is 4.90 Å². The summed E-state index contributed by atoms with van der Waals surface area (Å²) in [4.78, 5) is 13.1. The van der Waals surface area contributed by atoms with Crippen LogP contribution in [-0.4, -0.2) is 22.2 Å². The molecule has 2 nitrogen and oxygen atoms in total. The van der Waals surface area contributed by atoms with Crippen molar-refractivity contribution in [1.82, 2.24) is 4.90 Å². The maximum Gasteiger partial charge on any atom is 0.416 e. The molecule has 98 valence electrons. The van der Waals surface area contributed by atoms with E-state index in [1.54, 1.807) is 4.90 Å². The second kappa shape index (κ2) is 4.91. The summed E-state index contributed by atoms with van der Waals surface area (Å²) in [6, 6.07) is 4.91. The van der Waals surface area contributed by atoms with Gasteiger partial charge in [-0.05, 0) is 24.1 Å². The summed E-state index contributed by atoms with van der Waals surface area (Å²) < 4.78 is 37.1. The van der Waals surface area contributed by atoms with Crippen molar-refractivity contribution in [3.63, 3.8) is 0 Å². The Bertz CT molecular complexity index is 444. The molecule has 2 rings (SSSR count). The summed E-state index contributed by atoms with van der Waals surface area (Å²) in [5.74, 6) is -0.00472. The molecule has 0 spiro atoms. The molecule has 1 aliphatic heterocycles. The zero-order valence-electron chi connectivity index (χ0n) is 9.38. The Morgan fingerprint density at radius 2 is 1.89 bits per heavy atom. The lowest BCUT2D eigenvalue weighted by molar-refractivity contribution is -0.137. The van der Waals surface area contributed by atoms with Gasteiger partial charge in [0.1, 0.15) is 0 Å². The second-order valence-electron chi connectivity index (χ2n) is 4.21. The Morgan fingerprint density at radius 1 is 1.28 bits per heavy atom. The van der Waals surface area contributed by atoms with Crippen molar-refractivity contribution in [2.24, 2.45) is 0 Å². The number of hydrogen-bond acceptors (Lipinski definition) is 1. The smallest absolute Gasteiger partial charge is 0.337 e. The molecule has 1 fully saturated rings. The summed E-state index contributed by atoms with van der Waals surface area (Å²) in [6.45, 7) is 0.995. The van der Waals surface area contributed by atoms with Crippen molar-refractivity contribution < 1.29 is 18.0 Å². The normalized spacial score (nSPS) is 20.6. The number of rotatable bonds is 2. The predicted octanol–water partition coefficient (Wildman–Crippen LogP) is 3.20. The highest BCUT2D eigenvalue weighted by atomic mass is 79.9. The Morgan fingerprint density at radius 3 is 2.33 bits per heavy atom. The van der Waals surface area contributed by atoms with E-state index in [0.29, 0.717) is 18.7 Å². The van der Waals surface area contributed by atoms with E-state index in [2.05, 4.69) is 15.9 Å². The highest BCUT2D eigenvalue weighted by Gasteiger charge is 2.31. The highest BCUT2D eigenvalue weighted by molar-refractivity contribution is 9.10. The SMILES string of the molecule is O=C1C(Br)CCN1Cc1ccc(C(F)(F)F)cc1. The van der Waals surface area contributed by atoms with Crippen molar-refractivity contribution in [1.29, 1.82) is 0 Å². The molecule has 1 atom stereocenters. The molecule has 1 aromatic rings. The van der Waals surface area contributed by atoms with Gasteiger partial charge in [0.05, 0.1) is 10.4 Å². The van der Waals surface area contributed by atoms with Crippen LogP contribution in [0.25, 0.3) is 0 Å². The van der Waals surface area contributed by atoms with E-state index in [1.807, 2.05) is 0 Å². The molecule has 0 aromatic heterocycles. The van der Waals surface area contributed by atoms with Gasteiger partial charge in [-0.15, -0.1) is 0 Å². The van der Waals surface area contributed by atoms with Crippen molar-refractivity contribution in [3.05, 3.63) is 35.4 Å². The number of hydrogen-bond donors (Lipinski definition) is 0. The number of likely N-dealkylation sites (tertiary alicyclic amines) is 1. The van der Waals surface area contributed by atoms with Crippen LogP contribution in [0.4, 0.5) is 13.2 Å². The number of carbonyl (C=O) groups excluding carboxylic acids is 1. The molecule has 6 heteroatoms. The quantitative estimate of drug-likeness (QED) is 0.766. The Hall–Kier alpha value is -1.04. The summed E-state index contributed by atoms with van der Waals surface area (Å²) in [6.07, 6.45) is -3.58. The van der Waals surface area contributed by atoms with E-state index in [9.17, 15) is 18.0 Å². The van der Waals surface area contributed by atoms with Gasteiger partial charge in [0.15, 0.2) is 0 Å². The monoisotopic (exact) mass is 321 g/mol. The minimum atomic E-state index is -4.32. The van der Waals surface area contributed by atoms with Gasteiger partial charge in [-0.1, -0.05) is 28.1 Å². The Balaban J connectivity index is 2.05. The fraction of sp³-hybridized carbons (Fsp3) is 0.417. The summed E-state index contributed by atoms with van der Waals surface area (Å²) >= 11 is 3.26. The number of nitrogens with zero attached hydrogens (tertiary/aromatic N) is 1. The van der Waals surface area contributed by atoms with Crippen molar-refractivity contribution in [2.45, 2.75) is 24.0 Å². The maximum atomic E-state index is 12.4. The standard InChI is InChI=1S/C12H11BrF3NO/c13-10-5-6-17(11(10)18)7-8-1-3-9(4-2-8)12(14,15)16/h1-4,10H,5-7H2. The van der Waals surface area contributed by atoms with Gasteiger partial charge in [-0.25, -0.2) is 0 Å². The number of halogens is 4. The molecule has 1 amide bonds. The first-order chi connectivity index (χ1) is 8.38. The van der Waals surface area contributed by atoms with Gasteiger partial charge in [-0.3, -0.25) is 4.79 Å². The van der Waals surface area contributed by atoms with E-state index in [4.69, 9.17) is 0 Å². The molecule has 18 heavy (non-hydrogen) atoms. The van der Waals surface area contributed by atoms with E-state index < -0.39 is 11.7 Å². The lowest BCUT2D eigenvalue weighted by Crippen LogP contribution is -2.26. The maximum absolute atomic E-state index is 12.4. The summed E-state index contributed by atoms with van der Waals surface area (Å²) in [5, 5.41) is 0. The molecule has 1 aromatic carbocycles.